The Balaban J connectivity index is 2.07. The van der Waals surface area contributed by atoms with Crippen molar-refractivity contribution in [2.45, 2.75) is 6.67 Å². The van der Waals surface area contributed by atoms with E-state index < -0.39 is 6.67 Å². The molecule has 0 spiro atoms. The molecule has 100 valence electrons. The first-order chi connectivity index (χ1) is 9.78. The van der Waals surface area contributed by atoms with Crippen LogP contribution in [0.3, 0.4) is 0 Å². The standard InChI is InChI=1S/C14H11FN4O/c15-9-10-2-1-3-11(8-10)14-16-17-18-19(14)12-4-6-13(20)7-5-12/h1-8,20H,9H2. The summed E-state index contributed by atoms with van der Waals surface area (Å²) in [6.45, 7) is -0.533. The molecule has 3 aromatic rings. The Morgan fingerprint density at radius 2 is 1.90 bits per heavy atom. The van der Waals surface area contributed by atoms with E-state index in [1.54, 1.807) is 42.5 Å². The number of phenols is 1. The molecule has 0 saturated carbocycles. The van der Waals surface area contributed by atoms with E-state index in [9.17, 15) is 9.50 Å². The van der Waals surface area contributed by atoms with E-state index in [1.807, 2.05) is 6.07 Å². The Morgan fingerprint density at radius 1 is 1.10 bits per heavy atom. The van der Waals surface area contributed by atoms with Crippen LogP contribution in [-0.4, -0.2) is 25.3 Å². The van der Waals surface area contributed by atoms with E-state index in [0.717, 1.165) is 5.56 Å². The van der Waals surface area contributed by atoms with Crippen LogP contribution in [0.2, 0.25) is 0 Å². The Morgan fingerprint density at radius 3 is 2.65 bits per heavy atom. The van der Waals surface area contributed by atoms with Crippen LogP contribution in [0.25, 0.3) is 17.1 Å². The van der Waals surface area contributed by atoms with E-state index >= 15 is 0 Å². The van der Waals surface area contributed by atoms with E-state index in [4.69, 9.17) is 0 Å². The molecule has 0 amide bonds. The van der Waals surface area contributed by atoms with Gasteiger partial charge >= 0.3 is 0 Å². The van der Waals surface area contributed by atoms with Crippen LogP contribution in [-0.2, 0) is 6.67 Å². The van der Waals surface area contributed by atoms with E-state index in [1.165, 1.54) is 4.68 Å². The summed E-state index contributed by atoms with van der Waals surface area (Å²) in [5.41, 5.74) is 2.02. The van der Waals surface area contributed by atoms with Gasteiger partial charge in [-0.2, -0.15) is 4.68 Å². The van der Waals surface area contributed by atoms with Gasteiger partial charge in [-0.25, -0.2) is 4.39 Å². The summed E-state index contributed by atoms with van der Waals surface area (Å²) in [5, 5.41) is 20.9. The number of nitrogens with zero attached hydrogens (tertiary/aromatic N) is 4. The molecule has 0 aliphatic heterocycles. The third-order valence-corrected chi connectivity index (χ3v) is 2.90. The van der Waals surface area contributed by atoms with Crippen molar-refractivity contribution < 1.29 is 9.50 Å². The van der Waals surface area contributed by atoms with E-state index in [2.05, 4.69) is 15.5 Å². The molecule has 0 fully saturated rings. The van der Waals surface area contributed by atoms with Gasteiger partial charge in [0.1, 0.15) is 12.4 Å². The lowest BCUT2D eigenvalue weighted by Gasteiger charge is -2.05. The summed E-state index contributed by atoms with van der Waals surface area (Å²) in [6.07, 6.45) is 0. The molecule has 0 aliphatic carbocycles. The molecule has 0 unspecified atom stereocenters. The first-order valence-electron chi connectivity index (χ1n) is 6.01. The molecule has 3 rings (SSSR count). The molecule has 1 N–H and O–H groups in total. The maximum atomic E-state index is 12.7. The number of tetrazole rings is 1. The lowest BCUT2D eigenvalue weighted by Crippen LogP contribution is -1.99. The molecule has 0 bridgehead atoms. The minimum absolute atomic E-state index is 0.169. The summed E-state index contributed by atoms with van der Waals surface area (Å²) in [7, 11) is 0. The molecule has 5 nitrogen and oxygen atoms in total. The zero-order valence-corrected chi connectivity index (χ0v) is 10.4. The molecule has 0 atom stereocenters. The number of alkyl halides is 1. The number of halogens is 1. The van der Waals surface area contributed by atoms with Gasteiger partial charge in [0, 0.05) is 5.56 Å². The maximum Gasteiger partial charge on any atom is 0.187 e. The molecule has 0 radical (unpaired) electrons. The number of benzene rings is 2. The van der Waals surface area contributed by atoms with Gasteiger partial charge in [-0.3, -0.25) is 0 Å². The smallest absolute Gasteiger partial charge is 0.187 e. The van der Waals surface area contributed by atoms with Gasteiger partial charge in [-0.1, -0.05) is 18.2 Å². The van der Waals surface area contributed by atoms with Gasteiger partial charge in [0.15, 0.2) is 5.82 Å². The number of rotatable bonds is 3. The van der Waals surface area contributed by atoms with Crippen LogP contribution < -0.4 is 0 Å². The van der Waals surface area contributed by atoms with Crippen molar-refractivity contribution in [3.8, 4) is 22.8 Å². The first-order valence-corrected chi connectivity index (χ1v) is 6.01. The Bertz CT molecular complexity index is 724. The van der Waals surface area contributed by atoms with Crippen LogP contribution in [0.5, 0.6) is 5.75 Å². The highest BCUT2D eigenvalue weighted by molar-refractivity contribution is 5.58. The summed E-state index contributed by atoms with van der Waals surface area (Å²) < 4.78 is 14.3. The van der Waals surface area contributed by atoms with Crippen molar-refractivity contribution in [1.29, 1.82) is 0 Å². The Kier molecular flexibility index (Phi) is 3.12. The average molecular weight is 270 g/mol. The fourth-order valence-corrected chi connectivity index (χ4v) is 1.93. The van der Waals surface area contributed by atoms with Crippen molar-refractivity contribution >= 4 is 0 Å². The van der Waals surface area contributed by atoms with Crippen molar-refractivity contribution in [2.24, 2.45) is 0 Å². The van der Waals surface area contributed by atoms with Gasteiger partial charge in [-0.15, -0.1) is 5.10 Å². The molecule has 0 aliphatic rings. The normalized spacial score (nSPS) is 10.7. The van der Waals surface area contributed by atoms with Crippen molar-refractivity contribution in [3.05, 3.63) is 54.1 Å². The summed E-state index contributed by atoms with van der Waals surface area (Å²) in [4.78, 5) is 0. The van der Waals surface area contributed by atoms with Gasteiger partial charge in [0.2, 0.25) is 0 Å². The molecular weight excluding hydrogens is 259 g/mol. The second-order valence-electron chi connectivity index (χ2n) is 4.26. The summed E-state index contributed by atoms with van der Waals surface area (Å²) >= 11 is 0. The number of hydrogen-bond acceptors (Lipinski definition) is 4. The predicted molar refractivity (Wildman–Crippen MR) is 71.1 cm³/mol. The Hall–Kier alpha value is -2.76. The molecule has 20 heavy (non-hydrogen) atoms. The van der Waals surface area contributed by atoms with Gasteiger partial charge in [0.05, 0.1) is 5.69 Å². The van der Waals surface area contributed by atoms with Crippen molar-refractivity contribution in [2.75, 3.05) is 0 Å². The highest BCUT2D eigenvalue weighted by Gasteiger charge is 2.11. The predicted octanol–water partition coefficient (Wildman–Crippen LogP) is 2.50. The van der Waals surface area contributed by atoms with Crippen LogP contribution in [0, 0.1) is 0 Å². The maximum absolute atomic E-state index is 12.7. The van der Waals surface area contributed by atoms with Crippen LogP contribution >= 0.6 is 0 Å². The van der Waals surface area contributed by atoms with Crippen LogP contribution in [0.4, 0.5) is 4.39 Å². The monoisotopic (exact) mass is 270 g/mol. The fraction of sp³-hybridized carbons (Fsp3) is 0.0714. The Labute approximate surface area is 114 Å². The minimum atomic E-state index is -0.533. The minimum Gasteiger partial charge on any atom is -0.508 e. The van der Waals surface area contributed by atoms with Crippen molar-refractivity contribution in [3.63, 3.8) is 0 Å². The lowest BCUT2D eigenvalue weighted by atomic mass is 10.1. The average Bonchev–Trinajstić information content (AvgIpc) is 2.97. The molecule has 1 heterocycles. The zero-order chi connectivity index (χ0) is 13.9. The number of aromatic nitrogens is 4. The SMILES string of the molecule is Oc1ccc(-n2nnnc2-c2cccc(CF)c2)cc1. The second-order valence-corrected chi connectivity index (χ2v) is 4.26. The van der Waals surface area contributed by atoms with E-state index in [0.29, 0.717) is 17.1 Å². The summed E-state index contributed by atoms with van der Waals surface area (Å²) in [6, 6.07) is 13.5. The quantitative estimate of drug-likeness (QED) is 0.794. The molecule has 2 aromatic carbocycles. The third kappa shape index (κ3) is 2.23. The molecule has 6 heteroatoms. The number of phenolic OH excluding ortho intramolecular Hbond substituents is 1. The topological polar surface area (TPSA) is 63.8 Å². The van der Waals surface area contributed by atoms with Gasteiger partial charge in [-0.05, 0) is 46.3 Å². The van der Waals surface area contributed by atoms with Gasteiger partial charge in [0.25, 0.3) is 0 Å². The fourth-order valence-electron chi connectivity index (χ4n) is 1.93. The molecule has 1 aromatic heterocycles. The summed E-state index contributed by atoms with van der Waals surface area (Å²) in [5.74, 6) is 0.689. The molecular formula is C14H11FN4O. The lowest BCUT2D eigenvalue weighted by molar-refractivity contribution is 0.475. The van der Waals surface area contributed by atoms with Crippen LogP contribution in [0.15, 0.2) is 48.5 Å². The molecule has 0 saturated heterocycles. The third-order valence-electron chi connectivity index (χ3n) is 2.90. The number of hydrogen-bond donors (Lipinski definition) is 1. The largest absolute Gasteiger partial charge is 0.508 e. The second kappa shape index (κ2) is 5.08. The van der Waals surface area contributed by atoms with Gasteiger partial charge < -0.3 is 5.11 Å². The highest BCUT2D eigenvalue weighted by Crippen LogP contribution is 2.21. The highest BCUT2D eigenvalue weighted by atomic mass is 19.1. The van der Waals surface area contributed by atoms with Crippen LogP contribution in [0.1, 0.15) is 5.56 Å². The first kappa shape index (κ1) is 12.3. The zero-order valence-electron chi connectivity index (χ0n) is 10.4. The van der Waals surface area contributed by atoms with E-state index in [-0.39, 0.29) is 5.75 Å². The van der Waals surface area contributed by atoms with Crippen molar-refractivity contribution in [1.82, 2.24) is 20.2 Å². The number of aromatic hydroxyl groups is 1.